The molecule has 2 aromatic rings. The zero-order chi connectivity index (χ0) is 20.0. The van der Waals surface area contributed by atoms with E-state index >= 15 is 0 Å². The average Bonchev–Trinajstić information content (AvgIpc) is 2.75. The standard InChI is InChI=1S/C25H29FN2O/c1-17-7-5-10-21(24(17)26)25(29)27-14-18-13-20(16-27)23-12-6-11-22(28(23)15-18)19-8-3-2-4-9-19/h2-5,7-10,18,20,22-23H,6,11-16H2,1H3/t18-,20+,22+,23-/m0/s1. The Morgan fingerprint density at radius 2 is 1.83 bits per heavy atom. The van der Waals surface area contributed by atoms with Crippen LogP contribution in [0.15, 0.2) is 48.5 Å². The second-order valence-corrected chi connectivity index (χ2v) is 9.13. The Morgan fingerprint density at radius 3 is 2.66 bits per heavy atom. The second kappa shape index (κ2) is 7.56. The van der Waals surface area contributed by atoms with Gasteiger partial charge >= 0.3 is 0 Å². The Balaban J connectivity index is 1.37. The van der Waals surface area contributed by atoms with E-state index in [-0.39, 0.29) is 17.3 Å². The number of rotatable bonds is 2. The van der Waals surface area contributed by atoms with Gasteiger partial charge in [-0.25, -0.2) is 4.39 Å². The molecule has 3 heterocycles. The number of likely N-dealkylation sites (tertiary alicyclic amines) is 1. The Labute approximate surface area is 172 Å². The number of hydrogen-bond donors (Lipinski definition) is 0. The number of carbonyl (C=O) groups is 1. The van der Waals surface area contributed by atoms with Crippen LogP contribution in [0.5, 0.6) is 0 Å². The molecule has 0 N–H and O–H groups in total. The summed E-state index contributed by atoms with van der Waals surface area (Å²) in [6, 6.07) is 17.0. The van der Waals surface area contributed by atoms with Crippen molar-refractivity contribution in [2.24, 2.45) is 11.8 Å². The Hall–Kier alpha value is -2.20. The summed E-state index contributed by atoms with van der Waals surface area (Å²) in [5, 5.41) is 0. The van der Waals surface area contributed by atoms with Crippen molar-refractivity contribution in [1.29, 1.82) is 0 Å². The first-order chi connectivity index (χ1) is 14.1. The Kier molecular flexibility index (Phi) is 4.91. The summed E-state index contributed by atoms with van der Waals surface area (Å²) in [6.07, 6.45) is 4.86. The van der Waals surface area contributed by atoms with Gasteiger partial charge in [0, 0.05) is 31.7 Å². The van der Waals surface area contributed by atoms with E-state index in [0.29, 0.717) is 29.5 Å². The van der Waals surface area contributed by atoms with Crippen LogP contribution < -0.4 is 0 Å². The van der Waals surface area contributed by atoms with Crippen LogP contribution in [0.3, 0.4) is 0 Å². The summed E-state index contributed by atoms with van der Waals surface area (Å²) >= 11 is 0. The molecule has 2 aromatic carbocycles. The minimum absolute atomic E-state index is 0.134. The molecule has 3 saturated heterocycles. The normalized spacial score (nSPS) is 29.4. The molecule has 5 rings (SSSR count). The van der Waals surface area contributed by atoms with Crippen molar-refractivity contribution >= 4 is 5.91 Å². The van der Waals surface area contributed by atoms with Gasteiger partial charge in [0.25, 0.3) is 5.91 Å². The zero-order valence-corrected chi connectivity index (χ0v) is 17.1. The first-order valence-corrected chi connectivity index (χ1v) is 11.0. The summed E-state index contributed by atoms with van der Waals surface area (Å²) in [5.74, 6) is 0.471. The molecule has 4 heteroatoms. The van der Waals surface area contributed by atoms with E-state index in [0.717, 1.165) is 19.6 Å². The molecule has 0 spiro atoms. The zero-order valence-electron chi connectivity index (χ0n) is 17.1. The fourth-order valence-corrected chi connectivity index (χ4v) is 5.99. The fraction of sp³-hybridized carbons (Fsp3) is 0.480. The molecule has 3 nitrogen and oxygen atoms in total. The molecule has 1 amide bonds. The molecule has 3 aliphatic heterocycles. The molecule has 2 bridgehead atoms. The maximum atomic E-state index is 14.5. The van der Waals surface area contributed by atoms with Crippen LogP contribution in [0, 0.1) is 24.6 Å². The molecule has 0 saturated carbocycles. The van der Waals surface area contributed by atoms with E-state index in [4.69, 9.17) is 0 Å². The molecule has 4 atom stereocenters. The Bertz CT molecular complexity index is 899. The van der Waals surface area contributed by atoms with Crippen molar-refractivity contribution in [2.45, 2.75) is 44.7 Å². The van der Waals surface area contributed by atoms with Crippen molar-refractivity contribution in [3.05, 3.63) is 71.0 Å². The lowest BCUT2D eigenvalue weighted by Gasteiger charge is -2.55. The topological polar surface area (TPSA) is 23.6 Å². The largest absolute Gasteiger partial charge is 0.338 e. The highest BCUT2D eigenvalue weighted by Crippen LogP contribution is 2.44. The number of hydrogen-bond acceptors (Lipinski definition) is 2. The third-order valence-corrected chi connectivity index (χ3v) is 7.28. The van der Waals surface area contributed by atoms with Crippen molar-refractivity contribution < 1.29 is 9.18 Å². The highest BCUT2D eigenvalue weighted by atomic mass is 19.1. The number of amides is 1. The van der Waals surface area contributed by atoms with Crippen molar-refractivity contribution in [2.75, 3.05) is 19.6 Å². The predicted molar refractivity (Wildman–Crippen MR) is 112 cm³/mol. The SMILES string of the molecule is Cc1cccc(C(=O)N2C[C@@H]3C[C@H](C2)[C@@H]2CCC[C@H](c4ccccc4)N2C3)c1F. The summed E-state index contributed by atoms with van der Waals surface area (Å²) in [7, 11) is 0. The number of benzene rings is 2. The molecule has 0 unspecified atom stereocenters. The number of nitrogens with zero attached hydrogens (tertiary/aromatic N) is 2. The lowest BCUT2D eigenvalue weighted by Crippen LogP contribution is -2.60. The maximum absolute atomic E-state index is 14.5. The smallest absolute Gasteiger partial charge is 0.256 e. The van der Waals surface area contributed by atoms with Crippen LogP contribution in [0.4, 0.5) is 4.39 Å². The van der Waals surface area contributed by atoms with Gasteiger partial charge in [-0.1, -0.05) is 42.5 Å². The molecule has 29 heavy (non-hydrogen) atoms. The molecule has 0 radical (unpaired) electrons. The molecule has 152 valence electrons. The van der Waals surface area contributed by atoms with Gasteiger partial charge in [-0.05, 0) is 61.6 Å². The van der Waals surface area contributed by atoms with Gasteiger partial charge in [0.2, 0.25) is 0 Å². The van der Waals surface area contributed by atoms with Gasteiger partial charge in [-0.15, -0.1) is 0 Å². The quantitative estimate of drug-likeness (QED) is 0.731. The fourth-order valence-electron chi connectivity index (χ4n) is 5.99. The van der Waals surface area contributed by atoms with Gasteiger partial charge in [0.05, 0.1) is 5.56 Å². The lowest BCUT2D eigenvalue weighted by atomic mass is 9.74. The van der Waals surface area contributed by atoms with Crippen LogP contribution in [0.2, 0.25) is 0 Å². The highest BCUT2D eigenvalue weighted by Gasteiger charge is 2.45. The predicted octanol–water partition coefficient (Wildman–Crippen LogP) is 4.82. The van der Waals surface area contributed by atoms with Gasteiger partial charge in [0.1, 0.15) is 5.82 Å². The van der Waals surface area contributed by atoms with Gasteiger partial charge in [-0.3, -0.25) is 9.69 Å². The minimum atomic E-state index is -0.364. The summed E-state index contributed by atoms with van der Waals surface area (Å²) in [6.45, 7) is 4.26. The van der Waals surface area contributed by atoms with Gasteiger partial charge in [0.15, 0.2) is 0 Å². The third kappa shape index (κ3) is 3.38. The van der Waals surface area contributed by atoms with E-state index in [9.17, 15) is 9.18 Å². The van der Waals surface area contributed by atoms with E-state index in [1.165, 1.54) is 31.2 Å². The second-order valence-electron chi connectivity index (χ2n) is 9.13. The van der Waals surface area contributed by atoms with Gasteiger partial charge in [-0.2, -0.15) is 0 Å². The monoisotopic (exact) mass is 392 g/mol. The van der Waals surface area contributed by atoms with Crippen molar-refractivity contribution in [3.63, 3.8) is 0 Å². The van der Waals surface area contributed by atoms with Crippen molar-refractivity contribution in [1.82, 2.24) is 9.80 Å². The summed E-state index contributed by atoms with van der Waals surface area (Å²) in [5.41, 5.74) is 2.19. The Morgan fingerprint density at radius 1 is 1.00 bits per heavy atom. The summed E-state index contributed by atoms with van der Waals surface area (Å²) in [4.78, 5) is 17.8. The molecule has 0 aromatic heterocycles. The van der Waals surface area contributed by atoms with E-state index in [1.807, 2.05) is 4.90 Å². The third-order valence-electron chi connectivity index (χ3n) is 7.28. The van der Waals surface area contributed by atoms with Crippen molar-refractivity contribution in [3.8, 4) is 0 Å². The van der Waals surface area contributed by atoms with Crippen LogP contribution in [-0.4, -0.2) is 41.4 Å². The molecule has 3 fully saturated rings. The van der Waals surface area contributed by atoms with E-state index in [1.54, 1.807) is 25.1 Å². The van der Waals surface area contributed by atoms with Crippen LogP contribution >= 0.6 is 0 Å². The number of halogens is 1. The van der Waals surface area contributed by atoms with Gasteiger partial charge < -0.3 is 4.90 Å². The van der Waals surface area contributed by atoms with Crippen LogP contribution in [0.25, 0.3) is 0 Å². The highest BCUT2D eigenvalue weighted by molar-refractivity contribution is 5.94. The van der Waals surface area contributed by atoms with E-state index < -0.39 is 0 Å². The van der Waals surface area contributed by atoms with E-state index in [2.05, 4.69) is 35.2 Å². The number of fused-ring (bicyclic) bond motifs is 4. The molecular formula is C25H29FN2O. The average molecular weight is 393 g/mol. The van der Waals surface area contributed by atoms with Crippen LogP contribution in [0.1, 0.15) is 53.2 Å². The number of aryl methyl sites for hydroxylation is 1. The van der Waals surface area contributed by atoms with Crippen LogP contribution in [-0.2, 0) is 0 Å². The molecule has 0 aliphatic carbocycles. The molecular weight excluding hydrogens is 363 g/mol. The first-order valence-electron chi connectivity index (χ1n) is 11.0. The summed E-state index contributed by atoms with van der Waals surface area (Å²) < 4.78 is 14.5. The lowest BCUT2D eigenvalue weighted by molar-refractivity contribution is -0.0512. The first kappa shape index (κ1) is 18.8. The number of piperidine rings is 3. The molecule has 3 aliphatic rings. The minimum Gasteiger partial charge on any atom is -0.338 e. The maximum Gasteiger partial charge on any atom is 0.256 e. The number of carbonyl (C=O) groups excluding carboxylic acids is 1.